The normalized spacial score (nSPS) is 19.3. The van der Waals surface area contributed by atoms with E-state index in [1.165, 1.54) is 20.0 Å². The number of nitrogens with zero attached hydrogens (tertiary/aromatic N) is 2. The molecule has 1 atom stereocenters. The van der Waals surface area contributed by atoms with Gasteiger partial charge in [0.15, 0.2) is 5.69 Å². The van der Waals surface area contributed by atoms with E-state index >= 15 is 0 Å². The summed E-state index contributed by atoms with van der Waals surface area (Å²) in [6.07, 6.45) is 2.35. The van der Waals surface area contributed by atoms with Crippen molar-refractivity contribution in [2.45, 2.75) is 12.8 Å². The summed E-state index contributed by atoms with van der Waals surface area (Å²) in [6.45, 7) is 2.69. The van der Waals surface area contributed by atoms with E-state index in [4.69, 9.17) is 4.74 Å². The summed E-state index contributed by atoms with van der Waals surface area (Å²) in [5.41, 5.74) is 0.184. The lowest BCUT2D eigenvalue weighted by atomic mass is 10.0. The minimum atomic E-state index is -0.495. The van der Waals surface area contributed by atoms with Crippen molar-refractivity contribution in [1.82, 2.24) is 15.5 Å². The van der Waals surface area contributed by atoms with Gasteiger partial charge in [0.25, 0.3) is 0 Å². The maximum atomic E-state index is 11.2. The van der Waals surface area contributed by atoms with Gasteiger partial charge in [-0.05, 0) is 25.5 Å². The van der Waals surface area contributed by atoms with Crippen LogP contribution in [0.5, 0.6) is 5.88 Å². The Labute approximate surface area is 106 Å². The Kier molecular flexibility index (Phi) is 4.46. The first-order valence-corrected chi connectivity index (χ1v) is 6.05. The SMILES string of the molecule is COC(=O)c1ccc(OCC2CCCNC2)nn1. The Bertz CT molecular complexity index is 388. The van der Waals surface area contributed by atoms with E-state index in [1.54, 1.807) is 12.1 Å². The van der Waals surface area contributed by atoms with Gasteiger partial charge in [-0.15, -0.1) is 10.2 Å². The predicted molar refractivity (Wildman–Crippen MR) is 64.5 cm³/mol. The highest BCUT2D eigenvalue weighted by molar-refractivity contribution is 5.86. The molecular weight excluding hydrogens is 234 g/mol. The van der Waals surface area contributed by atoms with Crippen molar-refractivity contribution >= 4 is 5.97 Å². The number of hydrogen-bond acceptors (Lipinski definition) is 6. The molecule has 0 bridgehead atoms. The van der Waals surface area contributed by atoms with E-state index in [1.807, 2.05) is 0 Å². The first kappa shape index (κ1) is 12.8. The molecule has 1 saturated heterocycles. The molecule has 0 radical (unpaired) electrons. The summed E-state index contributed by atoms with van der Waals surface area (Å²) < 4.78 is 10.1. The van der Waals surface area contributed by atoms with Gasteiger partial charge in [-0.25, -0.2) is 4.79 Å². The molecule has 1 fully saturated rings. The molecule has 0 saturated carbocycles. The van der Waals surface area contributed by atoms with Gasteiger partial charge < -0.3 is 14.8 Å². The largest absolute Gasteiger partial charge is 0.476 e. The molecule has 0 aliphatic carbocycles. The Balaban J connectivity index is 1.84. The van der Waals surface area contributed by atoms with E-state index < -0.39 is 5.97 Å². The molecule has 1 unspecified atom stereocenters. The van der Waals surface area contributed by atoms with Crippen molar-refractivity contribution in [2.75, 3.05) is 26.8 Å². The van der Waals surface area contributed by atoms with Crippen molar-refractivity contribution in [3.05, 3.63) is 17.8 Å². The van der Waals surface area contributed by atoms with E-state index in [9.17, 15) is 4.79 Å². The lowest BCUT2D eigenvalue weighted by Gasteiger charge is -2.22. The maximum absolute atomic E-state index is 11.2. The monoisotopic (exact) mass is 251 g/mol. The summed E-state index contributed by atoms with van der Waals surface area (Å²) >= 11 is 0. The van der Waals surface area contributed by atoms with Gasteiger partial charge in [-0.2, -0.15) is 0 Å². The summed E-state index contributed by atoms with van der Waals surface area (Å²) in [7, 11) is 1.31. The molecule has 2 heterocycles. The number of aromatic nitrogens is 2. The third kappa shape index (κ3) is 3.40. The van der Waals surface area contributed by atoms with Crippen LogP contribution in [0.1, 0.15) is 23.3 Å². The van der Waals surface area contributed by atoms with Crippen LogP contribution in [0.3, 0.4) is 0 Å². The van der Waals surface area contributed by atoms with Crippen molar-refractivity contribution in [3.8, 4) is 5.88 Å². The first-order valence-electron chi connectivity index (χ1n) is 6.05. The number of nitrogens with one attached hydrogen (secondary N) is 1. The Hall–Kier alpha value is -1.69. The number of carbonyl (C=O) groups excluding carboxylic acids is 1. The van der Waals surface area contributed by atoms with E-state index in [2.05, 4.69) is 20.3 Å². The van der Waals surface area contributed by atoms with Crippen LogP contribution in [0.2, 0.25) is 0 Å². The summed E-state index contributed by atoms with van der Waals surface area (Å²) in [5.74, 6) is 0.458. The van der Waals surface area contributed by atoms with Gasteiger partial charge in [0.2, 0.25) is 5.88 Å². The number of rotatable bonds is 4. The molecule has 0 spiro atoms. The molecule has 98 valence electrons. The smallest absolute Gasteiger partial charge is 0.358 e. The van der Waals surface area contributed by atoms with Crippen LogP contribution in [0.15, 0.2) is 12.1 Å². The maximum Gasteiger partial charge on any atom is 0.358 e. The van der Waals surface area contributed by atoms with Gasteiger partial charge >= 0.3 is 5.97 Å². The van der Waals surface area contributed by atoms with Gasteiger partial charge in [0, 0.05) is 18.5 Å². The molecule has 0 amide bonds. The Morgan fingerprint density at radius 3 is 3.00 bits per heavy atom. The molecule has 1 aromatic heterocycles. The number of ether oxygens (including phenoxy) is 2. The molecule has 1 aromatic rings. The fourth-order valence-corrected chi connectivity index (χ4v) is 1.88. The van der Waals surface area contributed by atoms with Gasteiger partial charge in [0.1, 0.15) is 0 Å². The fourth-order valence-electron chi connectivity index (χ4n) is 1.88. The molecular formula is C12H17N3O3. The van der Waals surface area contributed by atoms with E-state index in [0.29, 0.717) is 18.4 Å². The second kappa shape index (κ2) is 6.30. The Morgan fingerprint density at radius 2 is 2.39 bits per heavy atom. The van der Waals surface area contributed by atoms with Crippen LogP contribution >= 0.6 is 0 Å². The standard InChI is InChI=1S/C12H17N3O3/c1-17-12(16)10-4-5-11(15-14-10)18-8-9-3-2-6-13-7-9/h4-5,9,13H,2-3,6-8H2,1H3. The molecule has 1 aliphatic heterocycles. The fraction of sp³-hybridized carbons (Fsp3) is 0.583. The van der Waals surface area contributed by atoms with Crippen LogP contribution in [-0.2, 0) is 4.74 Å². The van der Waals surface area contributed by atoms with Crippen molar-refractivity contribution in [2.24, 2.45) is 5.92 Å². The number of piperidine rings is 1. The number of carbonyl (C=O) groups is 1. The second-order valence-electron chi connectivity index (χ2n) is 4.27. The van der Waals surface area contributed by atoms with Crippen LogP contribution in [0.25, 0.3) is 0 Å². The second-order valence-corrected chi connectivity index (χ2v) is 4.27. The van der Waals surface area contributed by atoms with Crippen molar-refractivity contribution < 1.29 is 14.3 Å². The molecule has 18 heavy (non-hydrogen) atoms. The lowest BCUT2D eigenvalue weighted by molar-refractivity contribution is 0.0592. The minimum absolute atomic E-state index is 0.184. The van der Waals surface area contributed by atoms with Crippen molar-refractivity contribution in [1.29, 1.82) is 0 Å². The van der Waals surface area contributed by atoms with Gasteiger partial charge in [0.05, 0.1) is 13.7 Å². The average Bonchev–Trinajstić information content (AvgIpc) is 2.46. The highest BCUT2D eigenvalue weighted by Crippen LogP contribution is 2.12. The zero-order chi connectivity index (χ0) is 12.8. The number of methoxy groups -OCH3 is 1. The molecule has 1 N–H and O–H groups in total. The molecule has 0 aromatic carbocycles. The van der Waals surface area contributed by atoms with Crippen LogP contribution < -0.4 is 10.1 Å². The summed E-state index contributed by atoms with van der Waals surface area (Å²) in [6, 6.07) is 3.18. The third-order valence-corrected chi connectivity index (χ3v) is 2.90. The van der Waals surface area contributed by atoms with Crippen molar-refractivity contribution in [3.63, 3.8) is 0 Å². The zero-order valence-electron chi connectivity index (χ0n) is 10.4. The first-order chi connectivity index (χ1) is 8.79. The quantitative estimate of drug-likeness (QED) is 0.792. The summed E-state index contributed by atoms with van der Waals surface area (Å²) in [4.78, 5) is 11.2. The Morgan fingerprint density at radius 1 is 1.50 bits per heavy atom. The summed E-state index contributed by atoms with van der Waals surface area (Å²) in [5, 5.41) is 10.9. The molecule has 1 aliphatic rings. The predicted octanol–water partition coefficient (Wildman–Crippen LogP) is 0.642. The van der Waals surface area contributed by atoms with E-state index in [-0.39, 0.29) is 5.69 Å². The van der Waals surface area contributed by atoms with Crippen LogP contribution in [0, 0.1) is 5.92 Å². The number of esters is 1. The highest BCUT2D eigenvalue weighted by atomic mass is 16.5. The van der Waals surface area contributed by atoms with Gasteiger partial charge in [-0.1, -0.05) is 0 Å². The highest BCUT2D eigenvalue weighted by Gasteiger charge is 2.14. The number of hydrogen-bond donors (Lipinski definition) is 1. The minimum Gasteiger partial charge on any atom is -0.476 e. The topological polar surface area (TPSA) is 73.3 Å². The van der Waals surface area contributed by atoms with Crippen LogP contribution in [-0.4, -0.2) is 43.0 Å². The molecule has 6 heteroatoms. The average molecular weight is 251 g/mol. The molecule has 6 nitrogen and oxygen atoms in total. The van der Waals surface area contributed by atoms with E-state index in [0.717, 1.165) is 13.1 Å². The van der Waals surface area contributed by atoms with Crippen LogP contribution in [0.4, 0.5) is 0 Å². The zero-order valence-corrected chi connectivity index (χ0v) is 10.4. The van der Waals surface area contributed by atoms with Gasteiger partial charge in [-0.3, -0.25) is 0 Å². The lowest BCUT2D eigenvalue weighted by Crippen LogP contribution is -2.33. The molecule has 2 rings (SSSR count). The third-order valence-electron chi connectivity index (χ3n) is 2.90.